The second-order valence-electron chi connectivity index (χ2n) is 7.91. The summed E-state index contributed by atoms with van der Waals surface area (Å²) in [6.07, 6.45) is 1.16. The van der Waals surface area contributed by atoms with E-state index in [4.69, 9.17) is 0 Å². The van der Waals surface area contributed by atoms with Crippen LogP contribution in [0.4, 0.5) is 5.69 Å². The predicted octanol–water partition coefficient (Wildman–Crippen LogP) is 2.59. The van der Waals surface area contributed by atoms with Crippen molar-refractivity contribution in [2.75, 3.05) is 37.6 Å². The molecule has 156 valence electrons. The number of nitrogens with zero attached hydrogens (tertiary/aromatic N) is 3. The Bertz CT molecular complexity index is 936. The molecule has 0 saturated carbocycles. The van der Waals surface area contributed by atoms with Crippen LogP contribution < -0.4 is 4.90 Å². The summed E-state index contributed by atoms with van der Waals surface area (Å²) >= 11 is 0. The first-order valence-corrected chi connectivity index (χ1v) is 10.6. The van der Waals surface area contributed by atoms with Crippen molar-refractivity contribution < 1.29 is 14.4 Å². The molecule has 0 bridgehead atoms. The number of amides is 3. The summed E-state index contributed by atoms with van der Waals surface area (Å²) in [5.41, 5.74) is 2.71. The number of anilines is 1. The van der Waals surface area contributed by atoms with Crippen molar-refractivity contribution in [1.82, 2.24) is 9.80 Å². The highest BCUT2D eigenvalue weighted by Crippen LogP contribution is 2.27. The number of carbonyl (C=O) groups is 3. The van der Waals surface area contributed by atoms with Gasteiger partial charge in [-0.2, -0.15) is 0 Å². The molecule has 2 fully saturated rings. The molecular formula is C24H27N3O3. The first-order chi connectivity index (χ1) is 14.6. The Kier molecular flexibility index (Phi) is 5.84. The molecule has 2 aliphatic rings. The van der Waals surface area contributed by atoms with Crippen LogP contribution in [0.25, 0.3) is 0 Å². The van der Waals surface area contributed by atoms with Crippen molar-refractivity contribution >= 4 is 23.4 Å². The third-order valence-electron chi connectivity index (χ3n) is 6.00. The summed E-state index contributed by atoms with van der Waals surface area (Å²) in [7, 11) is 0. The number of rotatable bonds is 4. The largest absolute Gasteiger partial charge is 0.339 e. The van der Waals surface area contributed by atoms with Gasteiger partial charge in [0.2, 0.25) is 11.8 Å². The molecule has 30 heavy (non-hydrogen) atoms. The van der Waals surface area contributed by atoms with Crippen LogP contribution in [0.2, 0.25) is 0 Å². The minimum Gasteiger partial charge on any atom is -0.339 e. The standard InChI is InChI=1S/C24H27N3O3/c1-2-18-7-6-10-21(15-18)27-17-20(16-22(27)28)24(30)26-13-11-25(12-14-26)23(29)19-8-4-3-5-9-19/h3-10,15,20H,2,11-14,16-17H2,1H3. The average Bonchev–Trinajstić information content (AvgIpc) is 3.20. The zero-order chi connectivity index (χ0) is 21.1. The molecule has 4 rings (SSSR count). The molecule has 0 spiro atoms. The van der Waals surface area contributed by atoms with Gasteiger partial charge in [0.05, 0.1) is 5.92 Å². The predicted molar refractivity (Wildman–Crippen MR) is 115 cm³/mol. The number of carbonyl (C=O) groups excluding carboxylic acids is 3. The number of piperazine rings is 1. The van der Waals surface area contributed by atoms with Gasteiger partial charge in [0, 0.05) is 50.4 Å². The molecule has 2 aromatic rings. The van der Waals surface area contributed by atoms with E-state index in [1.54, 1.807) is 14.7 Å². The molecule has 2 heterocycles. The summed E-state index contributed by atoms with van der Waals surface area (Å²) in [5, 5.41) is 0. The molecule has 0 aromatic heterocycles. The molecule has 6 nitrogen and oxygen atoms in total. The zero-order valence-electron chi connectivity index (χ0n) is 17.3. The van der Waals surface area contributed by atoms with Gasteiger partial charge in [0.25, 0.3) is 5.91 Å². The third kappa shape index (κ3) is 4.08. The van der Waals surface area contributed by atoms with Crippen LogP contribution in [0.5, 0.6) is 0 Å². The molecule has 0 radical (unpaired) electrons. The molecule has 1 atom stereocenters. The van der Waals surface area contributed by atoms with E-state index in [9.17, 15) is 14.4 Å². The van der Waals surface area contributed by atoms with Gasteiger partial charge in [-0.1, -0.05) is 37.3 Å². The molecule has 0 N–H and O–H groups in total. The fourth-order valence-electron chi connectivity index (χ4n) is 4.22. The molecule has 6 heteroatoms. The maximum Gasteiger partial charge on any atom is 0.253 e. The zero-order valence-corrected chi connectivity index (χ0v) is 17.3. The summed E-state index contributed by atoms with van der Waals surface area (Å²) < 4.78 is 0. The Labute approximate surface area is 177 Å². The fourth-order valence-corrected chi connectivity index (χ4v) is 4.22. The van der Waals surface area contributed by atoms with Gasteiger partial charge < -0.3 is 14.7 Å². The van der Waals surface area contributed by atoms with Crippen LogP contribution in [-0.2, 0) is 16.0 Å². The van der Waals surface area contributed by atoms with Crippen LogP contribution in [0.1, 0.15) is 29.3 Å². The Hall–Kier alpha value is -3.15. The summed E-state index contributed by atoms with van der Waals surface area (Å²) in [4.78, 5) is 43.5. The first-order valence-electron chi connectivity index (χ1n) is 10.6. The van der Waals surface area contributed by atoms with E-state index in [0.29, 0.717) is 38.3 Å². The van der Waals surface area contributed by atoms with E-state index < -0.39 is 0 Å². The van der Waals surface area contributed by atoms with Crippen LogP contribution in [0, 0.1) is 5.92 Å². The van der Waals surface area contributed by atoms with Gasteiger partial charge in [-0.3, -0.25) is 14.4 Å². The number of hydrogen-bond acceptors (Lipinski definition) is 3. The van der Waals surface area contributed by atoms with E-state index >= 15 is 0 Å². The lowest BCUT2D eigenvalue weighted by atomic mass is 10.1. The van der Waals surface area contributed by atoms with Gasteiger partial charge in [-0.25, -0.2) is 0 Å². The van der Waals surface area contributed by atoms with E-state index in [2.05, 4.69) is 6.92 Å². The number of benzene rings is 2. The summed E-state index contributed by atoms with van der Waals surface area (Å²) in [6, 6.07) is 17.2. The second kappa shape index (κ2) is 8.69. The van der Waals surface area contributed by atoms with Crippen molar-refractivity contribution in [3.63, 3.8) is 0 Å². The van der Waals surface area contributed by atoms with Crippen molar-refractivity contribution in [2.24, 2.45) is 5.92 Å². The molecule has 1 unspecified atom stereocenters. The van der Waals surface area contributed by atoms with Gasteiger partial charge in [-0.05, 0) is 36.2 Å². The average molecular weight is 405 g/mol. The minimum absolute atomic E-state index is 0.000468. The molecule has 0 aliphatic carbocycles. The molecule has 2 saturated heterocycles. The quantitative estimate of drug-likeness (QED) is 0.786. The Morgan fingerprint density at radius 2 is 1.63 bits per heavy atom. The van der Waals surface area contributed by atoms with Gasteiger partial charge in [0.15, 0.2) is 0 Å². The minimum atomic E-state index is -0.320. The van der Waals surface area contributed by atoms with Crippen molar-refractivity contribution in [1.29, 1.82) is 0 Å². The van der Waals surface area contributed by atoms with Crippen LogP contribution in [-0.4, -0.2) is 60.2 Å². The molecular weight excluding hydrogens is 378 g/mol. The topological polar surface area (TPSA) is 60.9 Å². The van der Waals surface area contributed by atoms with E-state index in [-0.39, 0.29) is 30.1 Å². The smallest absolute Gasteiger partial charge is 0.253 e. The monoisotopic (exact) mass is 405 g/mol. The van der Waals surface area contributed by atoms with Gasteiger partial charge >= 0.3 is 0 Å². The van der Waals surface area contributed by atoms with E-state index in [0.717, 1.165) is 12.1 Å². The number of aryl methyl sites for hydroxylation is 1. The highest BCUT2D eigenvalue weighted by Gasteiger charge is 2.38. The molecule has 3 amide bonds. The highest BCUT2D eigenvalue weighted by molar-refractivity contribution is 6.00. The van der Waals surface area contributed by atoms with Crippen LogP contribution in [0.15, 0.2) is 54.6 Å². The SMILES string of the molecule is CCc1cccc(N2CC(C(=O)N3CCN(C(=O)c4ccccc4)CC3)CC2=O)c1. The van der Waals surface area contributed by atoms with E-state index in [1.807, 2.05) is 54.6 Å². The maximum atomic E-state index is 13.0. The summed E-state index contributed by atoms with van der Waals surface area (Å²) in [5.74, 6) is -0.302. The lowest BCUT2D eigenvalue weighted by Crippen LogP contribution is -2.52. The lowest BCUT2D eigenvalue weighted by molar-refractivity contribution is -0.137. The second-order valence-corrected chi connectivity index (χ2v) is 7.91. The number of hydrogen-bond donors (Lipinski definition) is 0. The van der Waals surface area contributed by atoms with Gasteiger partial charge in [-0.15, -0.1) is 0 Å². The van der Waals surface area contributed by atoms with Crippen molar-refractivity contribution in [2.45, 2.75) is 19.8 Å². The fraction of sp³-hybridized carbons (Fsp3) is 0.375. The first kappa shape index (κ1) is 20.1. The molecule has 2 aromatic carbocycles. The van der Waals surface area contributed by atoms with Crippen molar-refractivity contribution in [3.05, 3.63) is 65.7 Å². The van der Waals surface area contributed by atoms with Crippen molar-refractivity contribution in [3.8, 4) is 0 Å². The van der Waals surface area contributed by atoms with E-state index in [1.165, 1.54) is 5.56 Å². The molecule has 2 aliphatic heterocycles. The lowest BCUT2D eigenvalue weighted by Gasteiger charge is -2.36. The summed E-state index contributed by atoms with van der Waals surface area (Å²) in [6.45, 7) is 4.55. The Morgan fingerprint density at radius 3 is 2.33 bits per heavy atom. The normalized spacial score (nSPS) is 19.3. The highest BCUT2D eigenvalue weighted by atomic mass is 16.2. The Morgan fingerprint density at radius 1 is 0.933 bits per heavy atom. The van der Waals surface area contributed by atoms with Crippen LogP contribution >= 0.6 is 0 Å². The third-order valence-corrected chi connectivity index (χ3v) is 6.00. The Balaban J connectivity index is 1.35. The van der Waals surface area contributed by atoms with Crippen LogP contribution in [0.3, 0.4) is 0 Å². The maximum absolute atomic E-state index is 13.0. The van der Waals surface area contributed by atoms with Gasteiger partial charge in [0.1, 0.15) is 0 Å².